The Kier molecular flexibility index (Phi) is 6.21. The first-order valence-corrected chi connectivity index (χ1v) is 7.48. The molecule has 0 aliphatic heterocycles. The Morgan fingerprint density at radius 2 is 2.10 bits per heavy atom. The van der Waals surface area contributed by atoms with Crippen LogP contribution in [0.1, 0.15) is 51.3 Å². The van der Waals surface area contributed by atoms with Gasteiger partial charge in [0.15, 0.2) is 0 Å². The zero-order chi connectivity index (χ0) is 16.0. The molecule has 1 atom stereocenters. The van der Waals surface area contributed by atoms with Gasteiger partial charge in [0.05, 0.1) is 5.41 Å². The molecule has 4 heteroatoms. The Labute approximate surface area is 127 Å². The molecule has 0 amide bonds. The van der Waals surface area contributed by atoms with E-state index in [4.69, 9.17) is 4.74 Å². The zero-order valence-corrected chi connectivity index (χ0v) is 13.7. The molecule has 0 radical (unpaired) electrons. The molecule has 2 N–H and O–H groups in total. The molecule has 1 aromatic rings. The number of aryl methyl sites for hydroxylation is 1. The Morgan fingerprint density at radius 1 is 1.43 bits per heavy atom. The van der Waals surface area contributed by atoms with Crippen LogP contribution in [0, 0.1) is 12.3 Å². The molecule has 0 bridgehead atoms. The van der Waals surface area contributed by atoms with Crippen LogP contribution >= 0.6 is 0 Å². The second kappa shape index (κ2) is 7.46. The van der Waals surface area contributed by atoms with E-state index >= 15 is 0 Å². The number of carbonyl (C=O) groups is 1. The van der Waals surface area contributed by atoms with Crippen LogP contribution < -0.4 is 10.1 Å². The average molecular weight is 293 g/mol. The summed E-state index contributed by atoms with van der Waals surface area (Å²) in [6.07, 6.45) is 1.07. The van der Waals surface area contributed by atoms with E-state index in [0.717, 1.165) is 29.8 Å². The summed E-state index contributed by atoms with van der Waals surface area (Å²) in [5.41, 5.74) is 1.26. The quantitative estimate of drug-likeness (QED) is 0.769. The first-order chi connectivity index (χ1) is 9.77. The van der Waals surface area contributed by atoms with Crippen molar-refractivity contribution in [2.75, 3.05) is 13.2 Å². The van der Waals surface area contributed by atoms with Crippen LogP contribution in [-0.2, 0) is 4.79 Å². The third kappa shape index (κ3) is 5.05. The Hall–Kier alpha value is -1.55. The summed E-state index contributed by atoms with van der Waals surface area (Å²) in [6.45, 7) is 10.7. The summed E-state index contributed by atoms with van der Waals surface area (Å²) in [4.78, 5) is 11.2. The Bertz CT molecular complexity index is 483. The van der Waals surface area contributed by atoms with Gasteiger partial charge in [-0.2, -0.15) is 0 Å². The van der Waals surface area contributed by atoms with Crippen molar-refractivity contribution in [3.05, 3.63) is 29.3 Å². The van der Waals surface area contributed by atoms with Crippen LogP contribution in [0.25, 0.3) is 0 Å². The van der Waals surface area contributed by atoms with Gasteiger partial charge in [0.1, 0.15) is 12.4 Å². The van der Waals surface area contributed by atoms with Crippen molar-refractivity contribution in [1.29, 1.82) is 0 Å². The number of hydrogen-bond acceptors (Lipinski definition) is 3. The summed E-state index contributed by atoms with van der Waals surface area (Å²) in [5, 5.41) is 12.6. The number of benzene rings is 1. The van der Waals surface area contributed by atoms with E-state index in [0.29, 0.717) is 0 Å². The lowest BCUT2D eigenvalue weighted by atomic mass is 9.95. The number of nitrogens with one attached hydrogen (secondary N) is 1. The standard InChI is InChI=1S/C17H27NO3/c1-6-9-18-13(3)14-8-7-12(2)10-15(14)21-11-17(4,5)16(19)20/h7-8,10,13,18H,6,9,11H2,1-5H3,(H,19,20). The van der Waals surface area contributed by atoms with Crippen molar-refractivity contribution >= 4 is 5.97 Å². The minimum Gasteiger partial charge on any atom is -0.492 e. The minimum atomic E-state index is -0.902. The van der Waals surface area contributed by atoms with Gasteiger partial charge in [0.25, 0.3) is 0 Å². The fourth-order valence-corrected chi connectivity index (χ4v) is 1.92. The summed E-state index contributed by atoms with van der Waals surface area (Å²) >= 11 is 0. The van der Waals surface area contributed by atoms with Crippen molar-refractivity contribution < 1.29 is 14.6 Å². The zero-order valence-electron chi connectivity index (χ0n) is 13.7. The van der Waals surface area contributed by atoms with Gasteiger partial charge in [-0.05, 0) is 52.3 Å². The fraction of sp³-hybridized carbons (Fsp3) is 0.588. The second-order valence-electron chi connectivity index (χ2n) is 6.19. The van der Waals surface area contributed by atoms with Crippen molar-refractivity contribution in [1.82, 2.24) is 5.32 Å². The number of aliphatic carboxylic acids is 1. The van der Waals surface area contributed by atoms with Gasteiger partial charge in [-0.3, -0.25) is 4.79 Å². The minimum absolute atomic E-state index is 0.152. The molecular formula is C17H27NO3. The third-order valence-corrected chi connectivity index (χ3v) is 3.50. The molecule has 1 unspecified atom stereocenters. The van der Waals surface area contributed by atoms with Crippen molar-refractivity contribution in [3.63, 3.8) is 0 Å². The first kappa shape index (κ1) is 17.5. The average Bonchev–Trinajstić information content (AvgIpc) is 2.42. The lowest BCUT2D eigenvalue weighted by Gasteiger charge is -2.23. The lowest BCUT2D eigenvalue weighted by Crippen LogP contribution is -2.31. The van der Waals surface area contributed by atoms with Gasteiger partial charge in [0.2, 0.25) is 0 Å². The normalized spacial score (nSPS) is 13.0. The Morgan fingerprint density at radius 3 is 2.67 bits per heavy atom. The molecule has 0 aliphatic rings. The molecule has 0 saturated heterocycles. The van der Waals surface area contributed by atoms with Crippen LogP contribution in [0.3, 0.4) is 0 Å². The molecule has 4 nitrogen and oxygen atoms in total. The van der Waals surface area contributed by atoms with Crippen molar-refractivity contribution in [2.45, 2.75) is 47.1 Å². The van der Waals surface area contributed by atoms with Crippen LogP contribution in [-0.4, -0.2) is 24.2 Å². The lowest BCUT2D eigenvalue weighted by molar-refractivity contribution is -0.148. The van der Waals surface area contributed by atoms with Crippen LogP contribution in [0.2, 0.25) is 0 Å². The maximum atomic E-state index is 11.2. The van der Waals surface area contributed by atoms with Crippen molar-refractivity contribution in [3.8, 4) is 5.75 Å². The molecule has 1 rings (SSSR count). The molecule has 0 aromatic heterocycles. The maximum Gasteiger partial charge on any atom is 0.312 e. The highest BCUT2D eigenvalue weighted by Gasteiger charge is 2.28. The first-order valence-electron chi connectivity index (χ1n) is 7.48. The van der Waals surface area contributed by atoms with Gasteiger partial charge in [-0.25, -0.2) is 0 Å². The summed E-state index contributed by atoms with van der Waals surface area (Å²) in [5.74, 6) is -0.0886. The molecule has 0 heterocycles. The number of carboxylic acids is 1. The number of hydrogen-bond donors (Lipinski definition) is 2. The van der Waals surface area contributed by atoms with E-state index in [1.807, 2.05) is 19.1 Å². The molecule has 118 valence electrons. The SMILES string of the molecule is CCCNC(C)c1ccc(C)cc1OCC(C)(C)C(=O)O. The second-order valence-corrected chi connectivity index (χ2v) is 6.19. The largest absolute Gasteiger partial charge is 0.492 e. The van der Waals surface area contributed by atoms with Crippen LogP contribution in [0.5, 0.6) is 5.75 Å². The van der Waals surface area contributed by atoms with E-state index in [2.05, 4.69) is 25.2 Å². The van der Waals surface area contributed by atoms with E-state index in [-0.39, 0.29) is 12.6 Å². The number of rotatable bonds is 8. The summed E-state index contributed by atoms with van der Waals surface area (Å²) in [6, 6.07) is 6.24. The van der Waals surface area contributed by atoms with E-state index in [9.17, 15) is 9.90 Å². The predicted octanol–water partition coefficient (Wildman–Crippen LogP) is 3.55. The molecule has 1 aromatic carbocycles. The van der Waals surface area contributed by atoms with Crippen LogP contribution in [0.4, 0.5) is 0 Å². The monoisotopic (exact) mass is 293 g/mol. The maximum absolute atomic E-state index is 11.2. The molecule has 21 heavy (non-hydrogen) atoms. The van der Waals surface area contributed by atoms with Gasteiger partial charge in [0, 0.05) is 11.6 Å². The molecule has 0 fully saturated rings. The van der Waals surface area contributed by atoms with Gasteiger partial charge >= 0.3 is 5.97 Å². The highest BCUT2D eigenvalue weighted by atomic mass is 16.5. The van der Waals surface area contributed by atoms with E-state index in [1.54, 1.807) is 13.8 Å². The molecule has 0 aliphatic carbocycles. The summed E-state index contributed by atoms with van der Waals surface area (Å²) in [7, 11) is 0. The topological polar surface area (TPSA) is 58.6 Å². The molecule has 0 saturated carbocycles. The third-order valence-electron chi connectivity index (χ3n) is 3.50. The molecular weight excluding hydrogens is 266 g/mol. The number of ether oxygens (including phenoxy) is 1. The summed E-state index contributed by atoms with van der Waals surface area (Å²) < 4.78 is 5.82. The predicted molar refractivity (Wildman–Crippen MR) is 84.8 cm³/mol. The van der Waals surface area contributed by atoms with Crippen molar-refractivity contribution in [2.24, 2.45) is 5.41 Å². The highest BCUT2D eigenvalue weighted by Crippen LogP contribution is 2.28. The molecule has 0 spiro atoms. The van der Waals surface area contributed by atoms with Gasteiger partial charge in [-0.15, -0.1) is 0 Å². The Balaban J connectivity index is 2.89. The van der Waals surface area contributed by atoms with Gasteiger partial charge in [-0.1, -0.05) is 19.1 Å². The van der Waals surface area contributed by atoms with Crippen LogP contribution in [0.15, 0.2) is 18.2 Å². The highest BCUT2D eigenvalue weighted by molar-refractivity contribution is 5.73. The van der Waals surface area contributed by atoms with E-state index in [1.165, 1.54) is 0 Å². The smallest absolute Gasteiger partial charge is 0.312 e. The van der Waals surface area contributed by atoms with E-state index < -0.39 is 11.4 Å². The number of carboxylic acid groups (broad SMARTS) is 1. The van der Waals surface area contributed by atoms with Gasteiger partial charge < -0.3 is 15.2 Å². The fourth-order valence-electron chi connectivity index (χ4n) is 1.92.